The third-order valence-corrected chi connectivity index (χ3v) is 5.60. The molecule has 1 aromatic heterocycles. The van der Waals surface area contributed by atoms with Crippen molar-refractivity contribution in [2.45, 2.75) is 26.4 Å². The maximum Gasteiger partial charge on any atom is 0.194 e. The highest BCUT2D eigenvalue weighted by molar-refractivity contribution is 5.80. The fourth-order valence-electron chi connectivity index (χ4n) is 3.97. The van der Waals surface area contributed by atoms with Gasteiger partial charge in [-0.2, -0.15) is 0 Å². The Balaban J connectivity index is 1.58. The zero-order valence-corrected chi connectivity index (χ0v) is 18.1. The lowest BCUT2D eigenvalue weighted by molar-refractivity contribution is 0.346. The predicted molar refractivity (Wildman–Crippen MR) is 119 cm³/mol. The zero-order chi connectivity index (χ0) is 21.1. The lowest BCUT2D eigenvalue weighted by Gasteiger charge is -2.32. The Morgan fingerprint density at radius 3 is 2.57 bits per heavy atom. The average Bonchev–Trinajstić information content (AvgIpc) is 3.11. The van der Waals surface area contributed by atoms with Crippen molar-refractivity contribution in [1.29, 1.82) is 0 Å². The van der Waals surface area contributed by atoms with E-state index in [1.54, 1.807) is 14.2 Å². The Kier molecular flexibility index (Phi) is 5.79. The fraction of sp³-hybridized carbons (Fsp3) is 0.391. The highest BCUT2D eigenvalue weighted by Crippen LogP contribution is 2.33. The topological polar surface area (TPSA) is 63.9 Å². The van der Waals surface area contributed by atoms with Crippen LogP contribution in [0.3, 0.4) is 0 Å². The largest absolute Gasteiger partial charge is 0.493 e. The number of hydrogen-bond donors (Lipinski definition) is 1. The van der Waals surface area contributed by atoms with Crippen LogP contribution in [-0.2, 0) is 26.6 Å². The van der Waals surface area contributed by atoms with Gasteiger partial charge in [0.2, 0.25) is 0 Å². The van der Waals surface area contributed by atoms with Gasteiger partial charge in [0.05, 0.1) is 25.3 Å². The van der Waals surface area contributed by atoms with Gasteiger partial charge in [-0.3, -0.25) is 0 Å². The number of rotatable bonds is 5. The van der Waals surface area contributed by atoms with E-state index in [-0.39, 0.29) is 0 Å². The summed E-state index contributed by atoms with van der Waals surface area (Å²) in [6, 6.07) is 12.3. The van der Waals surface area contributed by atoms with E-state index in [0.717, 1.165) is 60.4 Å². The number of aliphatic imine (C=N–C) groups is 1. The Labute approximate surface area is 177 Å². The number of fused-ring (bicyclic) bond motifs is 2. The monoisotopic (exact) mass is 407 g/mol. The van der Waals surface area contributed by atoms with E-state index in [0.29, 0.717) is 6.54 Å². The standard InChI is InChI=1S/C23H29N5O2/c1-5-24-23(25-14-22-26-18-8-6-7-9-19(18)27(22)2)28-11-10-16-12-20(29-3)21(30-4)13-17(16)15-28/h6-9,12-13H,5,10-11,14-15H2,1-4H3,(H,24,25). The maximum atomic E-state index is 5.49. The number of ether oxygens (including phenoxy) is 2. The van der Waals surface area contributed by atoms with Crippen molar-refractivity contribution in [3.05, 3.63) is 53.3 Å². The van der Waals surface area contributed by atoms with Gasteiger partial charge < -0.3 is 24.3 Å². The molecule has 0 atom stereocenters. The van der Waals surface area contributed by atoms with Crippen LogP contribution in [-0.4, -0.2) is 47.7 Å². The van der Waals surface area contributed by atoms with Gasteiger partial charge in [-0.1, -0.05) is 12.1 Å². The molecule has 158 valence electrons. The van der Waals surface area contributed by atoms with Crippen molar-refractivity contribution in [3.63, 3.8) is 0 Å². The molecule has 0 unspecified atom stereocenters. The third kappa shape index (κ3) is 3.79. The molecule has 0 spiro atoms. The Morgan fingerprint density at radius 1 is 1.13 bits per heavy atom. The summed E-state index contributed by atoms with van der Waals surface area (Å²) < 4.78 is 13.1. The Hall–Kier alpha value is -3.22. The molecule has 0 fully saturated rings. The molecule has 30 heavy (non-hydrogen) atoms. The van der Waals surface area contributed by atoms with E-state index in [9.17, 15) is 0 Å². The molecule has 1 aliphatic heterocycles. The SMILES string of the molecule is CCNC(=NCc1nc2ccccc2n1C)N1CCc2cc(OC)c(OC)cc2C1. The van der Waals surface area contributed by atoms with Gasteiger partial charge in [0.1, 0.15) is 12.4 Å². The first-order valence-corrected chi connectivity index (χ1v) is 10.3. The van der Waals surface area contributed by atoms with Crippen LogP contribution >= 0.6 is 0 Å². The molecule has 2 aromatic carbocycles. The van der Waals surface area contributed by atoms with Gasteiger partial charge in [0, 0.05) is 26.7 Å². The number of para-hydroxylation sites is 2. The molecule has 4 rings (SSSR count). The van der Waals surface area contributed by atoms with Gasteiger partial charge in [-0.25, -0.2) is 9.98 Å². The number of nitrogens with zero attached hydrogens (tertiary/aromatic N) is 4. The van der Waals surface area contributed by atoms with Gasteiger partial charge >= 0.3 is 0 Å². The summed E-state index contributed by atoms with van der Waals surface area (Å²) >= 11 is 0. The van der Waals surface area contributed by atoms with Crippen LogP contribution in [0.5, 0.6) is 11.5 Å². The second-order valence-corrected chi connectivity index (χ2v) is 7.39. The van der Waals surface area contributed by atoms with Crippen molar-refractivity contribution < 1.29 is 9.47 Å². The molecule has 2 heterocycles. The number of aromatic nitrogens is 2. The van der Waals surface area contributed by atoms with Gasteiger partial charge in [0.15, 0.2) is 17.5 Å². The van der Waals surface area contributed by atoms with E-state index < -0.39 is 0 Å². The van der Waals surface area contributed by atoms with Gasteiger partial charge in [0.25, 0.3) is 0 Å². The van der Waals surface area contributed by atoms with E-state index in [2.05, 4.69) is 39.9 Å². The number of aryl methyl sites for hydroxylation is 1. The highest BCUT2D eigenvalue weighted by atomic mass is 16.5. The number of hydrogen-bond acceptors (Lipinski definition) is 4. The van der Waals surface area contributed by atoms with Gasteiger partial charge in [-0.05, 0) is 48.7 Å². The van der Waals surface area contributed by atoms with E-state index in [4.69, 9.17) is 19.5 Å². The summed E-state index contributed by atoms with van der Waals surface area (Å²) in [5.41, 5.74) is 4.67. The van der Waals surface area contributed by atoms with Crippen LogP contribution in [0.15, 0.2) is 41.4 Å². The number of imidazole rings is 1. The first kappa shape index (κ1) is 20.1. The summed E-state index contributed by atoms with van der Waals surface area (Å²) in [4.78, 5) is 11.9. The van der Waals surface area contributed by atoms with Crippen LogP contribution < -0.4 is 14.8 Å². The van der Waals surface area contributed by atoms with Crippen LogP contribution in [0.1, 0.15) is 23.9 Å². The maximum absolute atomic E-state index is 5.49. The summed E-state index contributed by atoms with van der Waals surface area (Å²) in [6.45, 7) is 5.12. The van der Waals surface area contributed by atoms with Crippen molar-refractivity contribution in [1.82, 2.24) is 19.8 Å². The summed E-state index contributed by atoms with van der Waals surface area (Å²) in [6.07, 6.45) is 0.937. The minimum Gasteiger partial charge on any atom is -0.493 e. The Morgan fingerprint density at radius 2 is 1.87 bits per heavy atom. The van der Waals surface area contributed by atoms with Crippen LogP contribution in [0.2, 0.25) is 0 Å². The van der Waals surface area contributed by atoms with Crippen molar-refractivity contribution >= 4 is 17.0 Å². The molecule has 0 radical (unpaired) electrons. The first-order valence-electron chi connectivity index (χ1n) is 10.3. The molecule has 0 bridgehead atoms. The molecule has 0 aliphatic carbocycles. The third-order valence-electron chi connectivity index (χ3n) is 5.60. The molecule has 3 aromatic rings. The minimum atomic E-state index is 0.531. The van der Waals surface area contributed by atoms with Crippen molar-refractivity contribution in [2.24, 2.45) is 12.0 Å². The zero-order valence-electron chi connectivity index (χ0n) is 18.1. The van der Waals surface area contributed by atoms with Crippen molar-refractivity contribution in [2.75, 3.05) is 27.3 Å². The summed E-state index contributed by atoms with van der Waals surface area (Å²) in [5.74, 6) is 3.41. The molecule has 1 N–H and O–H groups in total. The molecule has 0 saturated heterocycles. The molecule has 0 amide bonds. The van der Waals surface area contributed by atoms with Crippen LogP contribution in [0, 0.1) is 0 Å². The highest BCUT2D eigenvalue weighted by Gasteiger charge is 2.22. The molecule has 0 saturated carbocycles. The number of methoxy groups -OCH3 is 2. The van der Waals surface area contributed by atoms with E-state index in [1.807, 2.05) is 25.2 Å². The quantitative estimate of drug-likeness (QED) is 0.520. The average molecular weight is 408 g/mol. The smallest absolute Gasteiger partial charge is 0.194 e. The number of benzene rings is 2. The summed E-state index contributed by atoms with van der Waals surface area (Å²) in [5, 5.41) is 3.44. The van der Waals surface area contributed by atoms with E-state index in [1.165, 1.54) is 11.1 Å². The minimum absolute atomic E-state index is 0.531. The molecular weight excluding hydrogens is 378 g/mol. The molecule has 1 aliphatic rings. The number of guanidine groups is 1. The lowest BCUT2D eigenvalue weighted by atomic mass is 9.99. The van der Waals surface area contributed by atoms with E-state index >= 15 is 0 Å². The van der Waals surface area contributed by atoms with Crippen LogP contribution in [0.25, 0.3) is 11.0 Å². The second kappa shape index (κ2) is 8.65. The predicted octanol–water partition coefficient (Wildman–Crippen LogP) is 3.11. The first-order chi connectivity index (χ1) is 14.6. The van der Waals surface area contributed by atoms with Gasteiger partial charge in [-0.15, -0.1) is 0 Å². The molecular formula is C23H29N5O2. The Bertz CT molecular complexity index is 1070. The van der Waals surface area contributed by atoms with Crippen molar-refractivity contribution in [3.8, 4) is 11.5 Å². The normalized spacial score (nSPS) is 14.0. The second-order valence-electron chi connectivity index (χ2n) is 7.39. The number of nitrogens with one attached hydrogen (secondary N) is 1. The fourth-order valence-corrected chi connectivity index (χ4v) is 3.97. The molecule has 7 nitrogen and oxygen atoms in total. The molecule has 7 heteroatoms. The van der Waals surface area contributed by atoms with Crippen LogP contribution in [0.4, 0.5) is 0 Å². The summed E-state index contributed by atoms with van der Waals surface area (Å²) in [7, 11) is 5.40. The lowest BCUT2D eigenvalue weighted by Crippen LogP contribution is -2.44.